The maximum absolute atomic E-state index is 6.30. The van der Waals surface area contributed by atoms with Gasteiger partial charge in [-0.15, -0.1) is 0 Å². The van der Waals surface area contributed by atoms with E-state index in [4.69, 9.17) is 4.42 Å². The van der Waals surface area contributed by atoms with Crippen LogP contribution in [0.2, 0.25) is 0 Å². The average molecular weight is 792 g/mol. The highest BCUT2D eigenvalue weighted by Gasteiger charge is 2.23. The van der Waals surface area contributed by atoms with E-state index in [2.05, 4.69) is 241 Å². The summed E-state index contributed by atoms with van der Waals surface area (Å²) < 4.78 is 6.30. The zero-order valence-corrected chi connectivity index (χ0v) is 34.0. The highest BCUT2D eigenvalue weighted by atomic mass is 16.3. The Hall–Kier alpha value is -8.20. The number of para-hydroxylation sites is 1. The average Bonchev–Trinajstić information content (AvgIpc) is 3.73. The lowest BCUT2D eigenvalue weighted by Crippen LogP contribution is -2.12. The molecule has 292 valence electrons. The molecule has 11 aromatic rings. The van der Waals surface area contributed by atoms with Gasteiger partial charge in [0.15, 0.2) is 0 Å². The molecule has 11 rings (SSSR count). The van der Waals surface area contributed by atoms with Crippen LogP contribution in [0, 0.1) is 0 Å². The number of hydrogen-bond donors (Lipinski definition) is 0. The van der Waals surface area contributed by atoms with Crippen LogP contribution in [0.3, 0.4) is 0 Å². The number of benzene rings is 10. The summed E-state index contributed by atoms with van der Waals surface area (Å²) >= 11 is 0. The summed E-state index contributed by atoms with van der Waals surface area (Å²) in [5, 5.41) is 2.27. The van der Waals surface area contributed by atoms with Gasteiger partial charge in [0.05, 0.1) is 5.69 Å². The minimum Gasteiger partial charge on any atom is -0.456 e. The van der Waals surface area contributed by atoms with E-state index in [9.17, 15) is 0 Å². The maximum Gasteiger partial charge on any atom is 0.136 e. The molecule has 1 heterocycles. The molecule has 0 fully saturated rings. The van der Waals surface area contributed by atoms with Gasteiger partial charge in [-0.3, -0.25) is 0 Å². The van der Waals surface area contributed by atoms with E-state index < -0.39 is 0 Å². The van der Waals surface area contributed by atoms with Gasteiger partial charge in [0.2, 0.25) is 0 Å². The van der Waals surface area contributed by atoms with E-state index in [-0.39, 0.29) is 0 Å². The highest BCUT2D eigenvalue weighted by molar-refractivity contribution is 6.06. The van der Waals surface area contributed by atoms with E-state index in [0.717, 1.165) is 66.8 Å². The molecule has 0 spiro atoms. The smallest absolute Gasteiger partial charge is 0.136 e. The quantitative estimate of drug-likeness (QED) is 0.145. The summed E-state index contributed by atoms with van der Waals surface area (Å²) in [7, 11) is 0. The number of nitrogens with zero attached hydrogens (tertiary/aromatic N) is 1. The third-order valence-electron chi connectivity index (χ3n) is 11.9. The van der Waals surface area contributed by atoms with Crippen LogP contribution in [0.5, 0.6) is 0 Å². The number of hydrogen-bond acceptors (Lipinski definition) is 2. The normalized spacial score (nSPS) is 11.2. The lowest BCUT2D eigenvalue weighted by Gasteiger charge is -2.30. The van der Waals surface area contributed by atoms with Crippen molar-refractivity contribution in [3.05, 3.63) is 249 Å². The number of fused-ring (bicyclic) bond motifs is 3. The lowest BCUT2D eigenvalue weighted by molar-refractivity contribution is 0.669. The molecule has 10 aromatic carbocycles. The highest BCUT2D eigenvalue weighted by Crippen LogP contribution is 2.48. The molecular weight excluding hydrogens is 751 g/mol. The first-order valence-electron chi connectivity index (χ1n) is 21.2. The fourth-order valence-corrected chi connectivity index (χ4v) is 8.89. The van der Waals surface area contributed by atoms with Crippen LogP contribution in [0.4, 0.5) is 17.1 Å². The van der Waals surface area contributed by atoms with E-state index in [1.807, 2.05) is 12.1 Å². The largest absolute Gasteiger partial charge is 0.456 e. The molecule has 1 aromatic heterocycles. The van der Waals surface area contributed by atoms with Crippen LogP contribution < -0.4 is 4.90 Å². The van der Waals surface area contributed by atoms with E-state index in [1.165, 1.54) is 38.9 Å². The monoisotopic (exact) mass is 791 g/mol. The van der Waals surface area contributed by atoms with Crippen LogP contribution in [-0.4, -0.2) is 0 Å². The van der Waals surface area contributed by atoms with Crippen LogP contribution in [0.15, 0.2) is 253 Å². The predicted octanol–water partition coefficient (Wildman–Crippen LogP) is 17.1. The summed E-state index contributed by atoms with van der Waals surface area (Å²) in [6.07, 6.45) is 0. The molecule has 0 N–H and O–H groups in total. The Morgan fingerprint density at radius 2 is 0.694 bits per heavy atom. The molecule has 0 radical (unpaired) electrons. The van der Waals surface area contributed by atoms with Gasteiger partial charge >= 0.3 is 0 Å². The SMILES string of the molecule is c1ccc(-c2cccc(-c3ccc(N(c4ccc(-c5ccc6c(c5)oc5ccccc56)cc4)c4cccc(-c5ccccc5)c4-c4ccccc4-c4ccccc4)cc3)c2)cc1. The van der Waals surface area contributed by atoms with E-state index in [1.54, 1.807) is 0 Å². The van der Waals surface area contributed by atoms with Crippen molar-refractivity contribution in [1.29, 1.82) is 0 Å². The summed E-state index contributed by atoms with van der Waals surface area (Å²) in [5.74, 6) is 0. The zero-order valence-electron chi connectivity index (χ0n) is 34.0. The maximum atomic E-state index is 6.30. The van der Waals surface area contributed by atoms with Crippen molar-refractivity contribution in [2.45, 2.75) is 0 Å². The third kappa shape index (κ3) is 6.94. The van der Waals surface area contributed by atoms with Gasteiger partial charge in [0, 0.05) is 27.7 Å². The van der Waals surface area contributed by atoms with E-state index in [0.29, 0.717) is 0 Å². The molecule has 0 atom stereocenters. The molecule has 0 saturated heterocycles. The molecule has 2 heteroatoms. The van der Waals surface area contributed by atoms with Crippen LogP contribution >= 0.6 is 0 Å². The molecule has 0 unspecified atom stereocenters. The molecule has 0 aliphatic heterocycles. The fourth-order valence-electron chi connectivity index (χ4n) is 8.89. The Kier molecular flexibility index (Phi) is 9.57. The van der Waals surface area contributed by atoms with Gasteiger partial charge in [-0.05, 0) is 116 Å². The Balaban J connectivity index is 1.08. The number of rotatable bonds is 9. The van der Waals surface area contributed by atoms with Gasteiger partial charge in [-0.2, -0.15) is 0 Å². The van der Waals surface area contributed by atoms with Crippen molar-refractivity contribution < 1.29 is 4.42 Å². The molecule has 0 amide bonds. The topological polar surface area (TPSA) is 16.4 Å². The second-order valence-corrected chi connectivity index (χ2v) is 15.7. The van der Waals surface area contributed by atoms with Gasteiger partial charge in [-0.1, -0.05) is 194 Å². The lowest BCUT2D eigenvalue weighted by atomic mass is 9.87. The molecule has 0 bridgehead atoms. The first-order valence-corrected chi connectivity index (χ1v) is 21.2. The van der Waals surface area contributed by atoms with Crippen molar-refractivity contribution in [3.8, 4) is 66.8 Å². The summed E-state index contributed by atoms with van der Waals surface area (Å²) in [6.45, 7) is 0. The molecular formula is C60H41NO. The van der Waals surface area contributed by atoms with Crippen molar-refractivity contribution in [3.63, 3.8) is 0 Å². The van der Waals surface area contributed by atoms with Gasteiger partial charge in [0.25, 0.3) is 0 Å². The third-order valence-corrected chi connectivity index (χ3v) is 11.9. The fraction of sp³-hybridized carbons (Fsp3) is 0. The van der Waals surface area contributed by atoms with Crippen molar-refractivity contribution in [2.24, 2.45) is 0 Å². The van der Waals surface area contributed by atoms with Crippen LogP contribution in [0.25, 0.3) is 88.7 Å². The standard InChI is InChI=1S/C60H41NO/c1-4-16-42(17-5-1)47-22-14-23-48(40-47)43-30-35-50(36-31-43)61(51-37-32-44(33-38-51)49-34-39-55-54-25-12-13-29-58(54)62-59(55)41-49)57-28-15-27-53(46-20-8-3-9-21-46)60(57)56-26-11-10-24-52(56)45-18-6-2-7-19-45/h1-41H. The molecule has 0 aliphatic rings. The van der Waals surface area contributed by atoms with Gasteiger partial charge in [-0.25, -0.2) is 0 Å². The minimum atomic E-state index is 0.892. The Morgan fingerprint density at radius 1 is 0.258 bits per heavy atom. The van der Waals surface area contributed by atoms with Crippen LogP contribution in [0.1, 0.15) is 0 Å². The summed E-state index contributed by atoms with van der Waals surface area (Å²) in [6, 6.07) is 89.2. The minimum absolute atomic E-state index is 0.892. The zero-order chi connectivity index (χ0) is 41.2. The molecule has 2 nitrogen and oxygen atoms in total. The first-order chi connectivity index (χ1) is 30.7. The van der Waals surface area contributed by atoms with Crippen molar-refractivity contribution >= 4 is 39.0 Å². The Morgan fingerprint density at radius 3 is 1.34 bits per heavy atom. The van der Waals surface area contributed by atoms with Gasteiger partial charge in [0.1, 0.15) is 11.2 Å². The molecule has 0 saturated carbocycles. The second-order valence-electron chi connectivity index (χ2n) is 15.7. The Labute approximate surface area is 362 Å². The van der Waals surface area contributed by atoms with Crippen molar-refractivity contribution in [2.75, 3.05) is 4.90 Å². The second kappa shape index (κ2) is 16.1. The summed E-state index contributed by atoms with van der Waals surface area (Å²) in [4.78, 5) is 2.42. The number of anilines is 3. The Bertz CT molecular complexity index is 3310. The van der Waals surface area contributed by atoms with Gasteiger partial charge < -0.3 is 9.32 Å². The molecule has 0 aliphatic carbocycles. The number of furan rings is 1. The molecule has 62 heavy (non-hydrogen) atoms. The first kappa shape index (κ1) is 36.8. The van der Waals surface area contributed by atoms with Crippen LogP contribution in [-0.2, 0) is 0 Å². The van der Waals surface area contributed by atoms with Crippen molar-refractivity contribution in [1.82, 2.24) is 0 Å². The summed E-state index contributed by atoms with van der Waals surface area (Å²) in [5.41, 5.74) is 19.0. The predicted molar refractivity (Wildman–Crippen MR) is 261 cm³/mol. The van der Waals surface area contributed by atoms with E-state index >= 15 is 0 Å².